The molecule has 1 fully saturated rings. The Morgan fingerprint density at radius 3 is 2.94 bits per heavy atom. The quantitative estimate of drug-likeness (QED) is 0.624. The Morgan fingerprint density at radius 2 is 2.35 bits per heavy atom. The highest BCUT2D eigenvalue weighted by molar-refractivity contribution is 5.62. The van der Waals surface area contributed by atoms with Crippen molar-refractivity contribution in [2.24, 2.45) is 0 Å². The lowest BCUT2D eigenvalue weighted by atomic mass is 10.0. The predicted octanol–water partition coefficient (Wildman–Crippen LogP) is 1.90. The van der Waals surface area contributed by atoms with E-state index in [9.17, 15) is 14.5 Å². The summed E-state index contributed by atoms with van der Waals surface area (Å²) < 4.78 is 13.1. The second-order valence-electron chi connectivity index (χ2n) is 4.53. The number of nitrogens with one attached hydrogen (secondary N) is 2. The van der Waals surface area contributed by atoms with Gasteiger partial charge in [0.05, 0.1) is 4.92 Å². The Hall–Kier alpha value is -1.69. The summed E-state index contributed by atoms with van der Waals surface area (Å²) in [6.07, 6.45) is 0.848. The van der Waals surface area contributed by atoms with Gasteiger partial charge < -0.3 is 10.6 Å². The molecule has 0 radical (unpaired) electrons. The van der Waals surface area contributed by atoms with Gasteiger partial charge >= 0.3 is 0 Å². The van der Waals surface area contributed by atoms with Crippen LogP contribution in [0.25, 0.3) is 0 Å². The van der Waals surface area contributed by atoms with Crippen LogP contribution in [0.5, 0.6) is 0 Å². The van der Waals surface area contributed by atoms with E-state index in [0.29, 0.717) is 6.54 Å². The molecule has 1 saturated heterocycles. The third kappa shape index (κ3) is 2.52. The SMILES string of the molecule is CC1(Nc2cc(F)ccc2[N+](=O)[O-])CCNC1. The minimum Gasteiger partial charge on any atom is -0.373 e. The summed E-state index contributed by atoms with van der Waals surface area (Å²) in [7, 11) is 0. The van der Waals surface area contributed by atoms with Gasteiger partial charge in [0.1, 0.15) is 11.5 Å². The van der Waals surface area contributed by atoms with Gasteiger partial charge in [-0.25, -0.2) is 4.39 Å². The average Bonchev–Trinajstić information content (AvgIpc) is 2.64. The van der Waals surface area contributed by atoms with E-state index in [0.717, 1.165) is 19.0 Å². The summed E-state index contributed by atoms with van der Waals surface area (Å²) in [4.78, 5) is 10.3. The molecule has 6 heteroatoms. The van der Waals surface area contributed by atoms with E-state index in [2.05, 4.69) is 10.6 Å². The van der Waals surface area contributed by atoms with Crippen LogP contribution in [0.2, 0.25) is 0 Å². The molecule has 0 aromatic heterocycles. The number of halogens is 1. The third-order valence-corrected chi connectivity index (χ3v) is 2.96. The van der Waals surface area contributed by atoms with E-state index < -0.39 is 10.7 Å². The normalized spacial score (nSPS) is 23.6. The minimum absolute atomic E-state index is 0.0977. The highest BCUT2D eigenvalue weighted by Crippen LogP contribution is 2.29. The molecular formula is C11H14FN3O2. The van der Waals surface area contributed by atoms with Crippen LogP contribution in [0.1, 0.15) is 13.3 Å². The summed E-state index contributed by atoms with van der Waals surface area (Å²) in [5.74, 6) is -0.479. The predicted molar refractivity (Wildman–Crippen MR) is 62.6 cm³/mol. The fraction of sp³-hybridized carbons (Fsp3) is 0.455. The van der Waals surface area contributed by atoms with E-state index in [-0.39, 0.29) is 16.9 Å². The first-order valence-corrected chi connectivity index (χ1v) is 5.43. The van der Waals surface area contributed by atoms with Crippen molar-refractivity contribution in [3.05, 3.63) is 34.1 Å². The molecule has 2 N–H and O–H groups in total. The maximum absolute atomic E-state index is 13.1. The second-order valence-corrected chi connectivity index (χ2v) is 4.53. The van der Waals surface area contributed by atoms with Crippen molar-refractivity contribution in [2.45, 2.75) is 18.9 Å². The van der Waals surface area contributed by atoms with Gasteiger partial charge in [-0.2, -0.15) is 0 Å². The van der Waals surface area contributed by atoms with Gasteiger partial charge in [0.2, 0.25) is 0 Å². The van der Waals surface area contributed by atoms with Crippen molar-refractivity contribution in [1.29, 1.82) is 0 Å². The highest BCUT2D eigenvalue weighted by atomic mass is 19.1. The first kappa shape index (κ1) is 11.8. The molecule has 1 atom stereocenters. The van der Waals surface area contributed by atoms with Crippen molar-refractivity contribution in [1.82, 2.24) is 5.32 Å². The summed E-state index contributed by atoms with van der Waals surface area (Å²) >= 11 is 0. The first-order valence-electron chi connectivity index (χ1n) is 5.43. The van der Waals surface area contributed by atoms with Crippen molar-refractivity contribution >= 4 is 11.4 Å². The molecule has 0 aliphatic carbocycles. The molecule has 17 heavy (non-hydrogen) atoms. The van der Waals surface area contributed by atoms with E-state index in [4.69, 9.17) is 0 Å². The van der Waals surface area contributed by atoms with Gasteiger partial charge in [0, 0.05) is 24.2 Å². The van der Waals surface area contributed by atoms with Crippen LogP contribution in [-0.4, -0.2) is 23.6 Å². The molecule has 1 aromatic carbocycles. The molecule has 2 rings (SSSR count). The van der Waals surface area contributed by atoms with Crippen LogP contribution in [0, 0.1) is 15.9 Å². The zero-order chi connectivity index (χ0) is 12.5. The second kappa shape index (κ2) is 4.29. The monoisotopic (exact) mass is 239 g/mol. The molecule has 1 aliphatic rings. The molecular weight excluding hydrogens is 225 g/mol. The Labute approximate surface area is 98.2 Å². The summed E-state index contributed by atoms with van der Waals surface area (Å²) in [5, 5.41) is 17.1. The van der Waals surface area contributed by atoms with Crippen molar-refractivity contribution in [2.75, 3.05) is 18.4 Å². The fourth-order valence-corrected chi connectivity index (χ4v) is 2.02. The number of nitrogens with zero attached hydrogens (tertiary/aromatic N) is 1. The molecule has 1 aromatic rings. The topological polar surface area (TPSA) is 67.2 Å². The lowest BCUT2D eigenvalue weighted by Gasteiger charge is -2.25. The Morgan fingerprint density at radius 1 is 1.59 bits per heavy atom. The largest absolute Gasteiger partial charge is 0.373 e. The lowest BCUT2D eigenvalue weighted by Crippen LogP contribution is -2.37. The molecule has 0 bridgehead atoms. The number of nitro benzene ring substituents is 1. The molecule has 92 valence electrons. The fourth-order valence-electron chi connectivity index (χ4n) is 2.02. The zero-order valence-corrected chi connectivity index (χ0v) is 9.50. The van der Waals surface area contributed by atoms with Crippen LogP contribution in [0.3, 0.4) is 0 Å². The van der Waals surface area contributed by atoms with Crippen molar-refractivity contribution in [3.63, 3.8) is 0 Å². The number of rotatable bonds is 3. The van der Waals surface area contributed by atoms with Crippen LogP contribution in [0.15, 0.2) is 18.2 Å². The molecule has 5 nitrogen and oxygen atoms in total. The van der Waals surface area contributed by atoms with E-state index >= 15 is 0 Å². The van der Waals surface area contributed by atoms with Gasteiger partial charge in [-0.1, -0.05) is 0 Å². The standard InChI is InChI=1S/C11H14FN3O2/c1-11(4-5-13-7-11)14-9-6-8(12)2-3-10(9)15(16)17/h2-3,6,13-14H,4-5,7H2,1H3. The molecule has 0 spiro atoms. The Kier molecular flexibility index (Phi) is 2.97. The van der Waals surface area contributed by atoms with Crippen LogP contribution >= 0.6 is 0 Å². The Bertz CT molecular complexity index is 444. The number of hydrogen-bond donors (Lipinski definition) is 2. The van der Waals surface area contributed by atoms with Gasteiger partial charge in [0.25, 0.3) is 5.69 Å². The molecule has 0 amide bonds. The first-order chi connectivity index (χ1) is 8.00. The third-order valence-electron chi connectivity index (χ3n) is 2.96. The average molecular weight is 239 g/mol. The maximum atomic E-state index is 13.1. The summed E-state index contributed by atoms with van der Waals surface area (Å²) in [6.45, 7) is 3.52. The van der Waals surface area contributed by atoms with Gasteiger partial charge in [-0.3, -0.25) is 10.1 Å². The molecule has 1 unspecified atom stereocenters. The van der Waals surface area contributed by atoms with Gasteiger partial charge in [0.15, 0.2) is 0 Å². The number of benzene rings is 1. The summed E-state index contributed by atoms with van der Waals surface area (Å²) in [6, 6.07) is 3.45. The summed E-state index contributed by atoms with van der Waals surface area (Å²) in [5.41, 5.74) is -0.126. The van der Waals surface area contributed by atoms with Crippen LogP contribution < -0.4 is 10.6 Å². The number of hydrogen-bond acceptors (Lipinski definition) is 4. The van der Waals surface area contributed by atoms with Gasteiger partial charge in [-0.15, -0.1) is 0 Å². The highest BCUT2D eigenvalue weighted by Gasteiger charge is 2.30. The number of nitro groups is 1. The van der Waals surface area contributed by atoms with Crippen molar-refractivity contribution < 1.29 is 9.31 Å². The minimum atomic E-state index is -0.506. The molecule has 1 heterocycles. The zero-order valence-electron chi connectivity index (χ0n) is 9.50. The van der Waals surface area contributed by atoms with Crippen LogP contribution in [-0.2, 0) is 0 Å². The molecule has 0 saturated carbocycles. The van der Waals surface area contributed by atoms with Gasteiger partial charge in [-0.05, 0) is 26.0 Å². The van der Waals surface area contributed by atoms with Crippen LogP contribution in [0.4, 0.5) is 15.8 Å². The smallest absolute Gasteiger partial charge is 0.292 e. The molecule has 1 aliphatic heterocycles. The Balaban J connectivity index is 2.30. The maximum Gasteiger partial charge on any atom is 0.292 e. The van der Waals surface area contributed by atoms with Crippen molar-refractivity contribution in [3.8, 4) is 0 Å². The van der Waals surface area contributed by atoms with E-state index in [1.165, 1.54) is 12.1 Å². The lowest BCUT2D eigenvalue weighted by molar-refractivity contribution is -0.384. The van der Waals surface area contributed by atoms with E-state index in [1.54, 1.807) is 0 Å². The van der Waals surface area contributed by atoms with E-state index in [1.807, 2.05) is 6.92 Å². The number of anilines is 1.